The summed E-state index contributed by atoms with van der Waals surface area (Å²) in [5, 5.41) is 2.87. The molecule has 0 radical (unpaired) electrons. The fourth-order valence-corrected chi connectivity index (χ4v) is 1.43. The lowest BCUT2D eigenvalue weighted by Crippen LogP contribution is -2.30. The van der Waals surface area contributed by atoms with E-state index in [9.17, 15) is 9.59 Å². The van der Waals surface area contributed by atoms with Gasteiger partial charge in [-0.05, 0) is 12.8 Å². The second-order valence-electron chi connectivity index (χ2n) is 4.26. The van der Waals surface area contributed by atoms with E-state index in [-0.39, 0.29) is 24.2 Å². The molecule has 3 N–H and O–H groups in total. The van der Waals surface area contributed by atoms with E-state index in [2.05, 4.69) is 12.2 Å². The normalized spacial score (nSPS) is 12.1. The Kier molecular flexibility index (Phi) is 8.58. The molecule has 0 aromatic carbocycles. The molecule has 0 heterocycles. The lowest BCUT2D eigenvalue weighted by Gasteiger charge is -2.10. The third kappa shape index (κ3) is 8.26. The minimum Gasteiger partial charge on any atom is -0.370 e. The van der Waals surface area contributed by atoms with Crippen molar-refractivity contribution in [2.75, 3.05) is 6.54 Å². The van der Waals surface area contributed by atoms with Crippen LogP contribution in [0.1, 0.15) is 52.4 Å². The third-order valence-electron chi connectivity index (χ3n) is 2.60. The van der Waals surface area contributed by atoms with Crippen LogP contribution in [0.5, 0.6) is 0 Å². The summed E-state index contributed by atoms with van der Waals surface area (Å²) in [5.74, 6) is -0.445. The first kappa shape index (κ1) is 14.9. The molecule has 4 nitrogen and oxygen atoms in total. The quantitative estimate of drug-likeness (QED) is 0.588. The molecule has 1 unspecified atom stereocenters. The van der Waals surface area contributed by atoms with Gasteiger partial charge in [-0.3, -0.25) is 9.59 Å². The van der Waals surface area contributed by atoms with E-state index in [0.717, 1.165) is 19.4 Å². The van der Waals surface area contributed by atoms with Crippen molar-refractivity contribution in [1.29, 1.82) is 0 Å². The van der Waals surface area contributed by atoms with Crippen molar-refractivity contribution in [3.8, 4) is 0 Å². The summed E-state index contributed by atoms with van der Waals surface area (Å²) in [7, 11) is 0. The van der Waals surface area contributed by atoms with Crippen LogP contribution in [-0.4, -0.2) is 18.4 Å². The molecule has 0 fully saturated rings. The van der Waals surface area contributed by atoms with Crippen LogP contribution in [-0.2, 0) is 9.59 Å². The maximum Gasteiger partial charge on any atom is 0.222 e. The molecule has 0 spiro atoms. The first-order chi connectivity index (χ1) is 7.57. The summed E-state index contributed by atoms with van der Waals surface area (Å²) in [6.07, 6.45) is 5.42. The van der Waals surface area contributed by atoms with Crippen LogP contribution in [0.3, 0.4) is 0 Å². The molecular weight excluding hydrogens is 204 g/mol. The molecule has 4 heteroatoms. The third-order valence-corrected chi connectivity index (χ3v) is 2.60. The van der Waals surface area contributed by atoms with Gasteiger partial charge < -0.3 is 11.1 Å². The lowest BCUT2D eigenvalue weighted by atomic mass is 10.0. The summed E-state index contributed by atoms with van der Waals surface area (Å²) in [4.78, 5) is 22.1. The van der Waals surface area contributed by atoms with Crippen LogP contribution in [0, 0.1) is 5.92 Å². The van der Waals surface area contributed by atoms with Gasteiger partial charge in [-0.15, -0.1) is 0 Å². The molecule has 16 heavy (non-hydrogen) atoms. The van der Waals surface area contributed by atoms with Gasteiger partial charge >= 0.3 is 0 Å². The van der Waals surface area contributed by atoms with Gasteiger partial charge in [0.2, 0.25) is 11.8 Å². The Balaban J connectivity index is 3.51. The van der Waals surface area contributed by atoms with Crippen molar-refractivity contribution >= 4 is 11.8 Å². The van der Waals surface area contributed by atoms with E-state index in [1.165, 1.54) is 12.8 Å². The molecular formula is C12H24N2O2. The molecule has 0 saturated heterocycles. The van der Waals surface area contributed by atoms with Crippen LogP contribution in [0.25, 0.3) is 0 Å². The average Bonchev–Trinajstić information content (AvgIpc) is 2.25. The highest BCUT2D eigenvalue weighted by molar-refractivity contribution is 5.79. The average molecular weight is 228 g/mol. The van der Waals surface area contributed by atoms with Crippen molar-refractivity contribution in [2.24, 2.45) is 11.7 Å². The van der Waals surface area contributed by atoms with Crippen LogP contribution >= 0.6 is 0 Å². The minimum atomic E-state index is -0.345. The molecule has 0 aliphatic heterocycles. The molecule has 0 saturated carbocycles. The van der Waals surface area contributed by atoms with Gasteiger partial charge in [-0.25, -0.2) is 0 Å². The molecule has 1 atom stereocenters. The number of nitrogens with one attached hydrogen (secondary N) is 1. The van der Waals surface area contributed by atoms with Gasteiger partial charge in [0.25, 0.3) is 0 Å². The fourth-order valence-electron chi connectivity index (χ4n) is 1.43. The number of rotatable bonds is 9. The summed E-state index contributed by atoms with van der Waals surface area (Å²) in [5.41, 5.74) is 5.03. The van der Waals surface area contributed by atoms with E-state index in [0.29, 0.717) is 6.42 Å². The molecule has 0 bridgehead atoms. The number of unbranched alkanes of at least 4 members (excludes halogenated alkanes) is 3. The standard InChI is InChI=1S/C12H24N2O2/c1-3-4-5-6-9-14-12(16)10(2)7-8-11(13)15/h10H,3-9H2,1-2H3,(H2,13,15)(H,14,16). The largest absolute Gasteiger partial charge is 0.370 e. The Bertz CT molecular complexity index is 217. The predicted molar refractivity (Wildman–Crippen MR) is 64.7 cm³/mol. The van der Waals surface area contributed by atoms with Crippen molar-refractivity contribution in [3.05, 3.63) is 0 Å². The van der Waals surface area contributed by atoms with E-state index >= 15 is 0 Å². The van der Waals surface area contributed by atoms with E-state index in [1.807, 2.05) is 6.92 Å². The Hall–Kier alpha value is -1.06. The van der Waals surface area contributed by atoms with Crippen molar-refractivity contribution in [3.63, 3.8) is 0 Å². The molecule has 0 aromatic rings. The summed E-state index contributed by atoms with van der Waals surface area (Å²) in [6, 6.07) is 0. The maximum absolute atomic E-state index is 11.5. The van der Waals surface area contributed by atoms with Crippen molar-refractivity contribution in [2.45, 2.75) is 52.4 Å². The summed E-state index contributed by atoms with van der Waals surface area (Å²) in [6.45, 7) is 4.72. The lowest BCUT2D eigenvalue weighted by molar-refractivity contribution is -0.125. The zero-order valence-corrected chi connectivity index (χ0v) is 10.4. The number of hydrogen-bond acceptors (Lipinski definition) is 2. The fraction of sp³-hybridized carbons (Fsp3) is 0.833. The smallest absolute Gasteiger partial charge is 0.222 e. The molecule has 0 aromatic heterocycles. The van der Waals surface area contributed by atoms with Gasteiger partial charge in [0.05, 0.1) is 0 Å². The van der Waals surface area contributed by atoms with E-state index in [4.69, 9.17) is 5.73 Å². The second kappa shape index (κ2) is 9.19. The molecule has 2 amide bonds. The SMILES string of the molecule is CCCCCCNC(=O)C(C)CCC(N)=O. The van der Waals surface area contributed by atoms with Crippen LogP contribution in [0.2, 0.25) is 0 Å². The number of carbonyl (C=O) groups is 2. The van der Waals surface area contributed by atoms with Crippen molar-refractivity contribution in [1.82, 2.24) is 5.32 Å². The van der Waals surface area contributed by atoms with Crippen molar-refractivity contribution < 1.29 is 9.59 Å². The van der Waals surface area contributed by atoms with Crippen LogP contribution in [0.15, 0.2) is 0 Å². The second-order valence-corrected chi connectivity index (χ2v) is 4.26. The molecule has 94 valence electrons. The molecule has 0 aliphatic carbocycles. The van der Waals surface area contributed by atoms with Crippen LogP contribution < -0.4 is 11.1 Å². The predicted octanol–water partition coefficient (Wildman–Crippen LogP) is 1.58. The van der Waals surface area contributed by atoms with Gasteiger partial charge in [-0.2, -0.15) is 0 Å². The monoisotopic (exact) mass is 228 g/mol. The maximum atomic E-state index is 11.5. The van der Waals surface area contributed by atoms with Gasteiger partial charge in [0, 0.05) is 18.9 Å². The first-order valence-corrected chi connectivity index (χ1v) is 6.14. The topological polar surface area (TPSA) is 72.2 Å². The zero-order chi connectivity index (χ0) is 12.4. The Morgan fingerprint density at radius 2 is 1.94 bits per heavy atom. The van der Waals surface area contributed by atoms with Gasteiger partial charge in [0.1, 0.15) is 0 Å². The van der Waals surface area contributed by atoms with Gasteiger partial charge in [0.15, 0.2) is 0 Å². The van der Waals surface area contributed by atoms with E-state index < -0.39 is 0 Å². The number of primary amides is 1. The van der Waals surface area contributed by atoms with Crippen LogP contribution in [0.4, 0.5) is 0 Å². The molecule has 0 aliphatic rings. The Morgan fingerprint density at radius 3 is 2.50 bits per heavy atom. The number of hydrogen-bond donors (Lipinski definition) is 2. The Morgan fingerprint density at radius 1 is 1.25 bits per heavy atom. The molecule has 0 rings (SSSR count). The summed E-state index contributed by atoms with van der Waals surface area (Å²) < 4.78 is 0. The number of amides is 2. The zero-order valence-electron chi connectivity index (χ0n) is 10.4. The minimum absolute atomic E-state index is 0.0257. The highest BCUT2D eigenvalue weighted by Gasteiger charge is 2.12. The Labute approximate surface area is 98.0 Å². The summed E-state index contributed by atoms with van der Waals surface area (Å²) >= 11 is 0. The number of carbonyl (C=O) groups excluding carboxylic acids is 2. The highest BCUT2D eigenvalue weighted by atomic mass is 16.2. The van der Waals surface area contributed by atoms with Gasteiger partial charge in [-0.1, -0.05) is 33.1 Å². The van der Waals surface area contributed by atoms with E-state index in [1.54, 1.807) is 0 Å². The first-order valence-electron chi connectivity index (χ1n) is 6.14. The highest BCUT2D eigenvalue weighted by Crippen LogP contribution is 2.05. The number of nitrogens with two attached hydrogens (primary N) is 1.